The molecule has 1 aromatic carbocycles. The van der Waals surface area contributed by atoms with E-state index in [-0.39, 0.29) is 34.8 Å². The van der Waals surface area contributed by atoms with Crippen LogP contribution in [0.15, 0.2) is 53.5 Å². The molecule has 1 spiro atoms. The molecule has 1 saturated carbocycles. The van der Waals surface area contributed by atoms with Crippen LogP contribution in [0, 0.1) is 22.7 Å². The number of piperidine rings is 1. The Morgan fingerprint density at radius 2 is 2.07 bits per heavy atom. The summed E-state index contributed by atoms with van der Waals surface area (Å²) in [7, 11) is 1.90. The number of allylic oxidation sites excluding steroid dienone is 1. The molecule has 2 atom stereocenters. The van der Waals surface area contributed by atoms with Crippen molar-refractivity contribution in [3.8, 4) is 0 Å². The quantitative estimate of drug-likeness (QED) is 0.130. The summed E-state index contributed by atoms with van der Waals surface area (Å²) in [5.41, 5.74) is 2.52. The summed E-state index contributed by atoms with van der Waals surface area (Å²) in [6.07, 6.45) is 15.2. The third-order valence-electron chi connectivity index (χ3n) is 9.03. The summed E-state index contributed by atoms with van der Waals surface area (Å²) in [5, 5.41) is 20.7. The summed E-state index contributed by atoms with van der Waals surface area (Å²) in [5.74, 6) is 0.217. The first kappa shape index (κ1) is 29.7. The van der Waals surface area contributed by atoms with Crippen LogP contribution in [0.25, 0.3) is 10.9 Å². The molecule has 2 aromatic heterocycles. The molecule has 1 aliphatic heterocycles. The highest BCUT2D eigenvalue weighted by molar-refractivity contribution is 5.95. The van der Waals surface area contributed by atoms with Gasteiger partial charge in [0.1, 0.15) is 6.26 Å². The highest BCUT2D eigenvalue weighted by Crippen LogP contribution is 2.59. The summed E-state index contributed by atoms with van der Waals surface area (Å²) in [6.45, 7) is 5.88. The van der Waals surface area contributed by atoms with E-state index in [1.165, 1.54) is 12.5 Å². The van der Waals surface area contributed by atoms with Crippen molar-refractivity contribution < 1.29 is 14.0 Å². The van der Waals surface area contributed by atoms with Gasteiger partial charge < -0.3 is 25.4 Å². The normalized spacial score (nSPS) is 18.9. The number of nitrogens with one attached hydrogen (secondary N) is 3. The Labute approximate surface area is 247 Å². The van der Waals surface area contributed by atoms with Crippen LogP contribution in [0.1, 0.15) is 69.0 Å². The van der Waals surface area contributed by atoms with Gasteiger partial charge in [-0.05, 0) is 81.4 Å². The average molecular weight is 574 g/mol. The van der Waals surface area contributed by atoms with E-state index < -0.39 is 0 Å². The predicted molar refractivity (Wildman–Crippen MR) is 164 cm³/mol. The summed E-state index contributed by atoms with van der Waals surface area (Å²) in [6, 6.07) is 5.97. The Morgan fingerprint density at radius 3 is 2.83 bits per heavy atom. The Kier molecular flexibility index (Phi) is 9.51. The van der Waals surface area contributed by atoms with Gasteiger partial charge in [0, 0.05) is 61.0 Å². The number of carbonyl (C=O) groups is 2. The summed E-state index contributed by atoms with van der Waals surface area (Å²) < 4.78 is 6.89. The molecular weight excluding hydrogens is 530 g/mol. The maximum atomic E-state index is 13.1. The number of benzene rings is 1. The van der Waals surface area contributed by atoms with Crippen molar-refractivity contribution >= 4 is 34.0 Å². The van der Waals surface area contributed by atoms with Gasteiger partial charge in [0.2, 0.25) is 11.7 Å². The van der Waals surface area contributed by atoms with Gasteiger partial charge in [0.15, 0.2) is 0 Å². The van der Waals surface area contributed by atoms with Gasteiger partial charge in [-0.2, -0.15) is 5.10 Å². The molecule has 10 heteroatoms. The molecule has 5 rings (SSSR count). The highest BCUT2D eigenvalue weighted by Gasteiger charge is 2.58. The van der Waals surface area contributed by atoms with Crippen molar-refractivity contribution in [2.45, 2.75) is 58.3 Å². The third-order valence-corrected chi connectivity index (χ3v) is 9.03. The molecular formula is C32H43N7O3. The number of aromatic nitrogens is 3. The SMILES string of the molecule is CCN1CCC2(CC1)C[C@@H]2C(=O)NCC(CCCCCC(=O)c1ncco1)C(=N)/C=C\Nc1ccc2nn(C)cc2c1. The zero-order valence-electron chi connectivity index (χ0n) is 24.8. The Hall–Kier alpha value is -3.79. The number of oxazole rings is 1. The number of ketones is 1. The van der Waals surface area contributed by atoms with Gasteiger partial charge in [-0.1, -0.05) is 19.8 Å². The predicted octanol–water partition coefficient (Wildman–Crippen LogP) is 5.19. The van der Waals surface area contributed by atoms with Crippen LogP contribution >= 0.6 is 0 Å². The van der Waals surface area contributed by atoms with E-state index in [1.54, 1.807) is 17.0 Å². The third kappa shape index (κ3) is 7.34. The Balaban J connectivity index is 1.13. The number of carbonyl (C=O) groups excluding carboxylic acids is 2. The average Bonchev–Trinajstić information content (AvgIpc) is 3.30. The molecule has 0 radical (unpaired) electrons. The van der Waals surface area contributed by atoms with E-state index in [0.717, 1.165) is 81.2 Å². The standard InChI is InChI=1S/C32H43N7O3/c1-3-39-16-12-32(13-17-39)20-26(32)30(41)36-21-23(7-5-4-6-8-29(40)31-35-15-18-42-31)27(33)11-14-34-25-9-10-28-24(19-25)22-38(2)37-28/h9-11,14-15,18-19,22-23,26,33-34H,3-8,12-13,16-17,20-21H2,1-2H3,(H,36,41)/b14-11-,33-27?/t23?,26-/m1/s1. The second-order valence-corrected chi connectivity index (χ2v) is 11.9. The fourth-order valence-corrected chi connectivity index (χ4v) is 6.22. The second kappa shape index (κ2) is 13.5. The molecule has 2 fully saturated rings. The van der Waals surface area contributed by atoms with Gasteiger partial charge >= 0.3 is 0 Å². The van der Waals surface area contributed by atoms with Crippen LogP contribution in [0.5, 0.6) is 0 Å². The number of amides is 1. The smallest absolute Gasteiger partial charge is 0.263 e. The van der Waals surface area contributed by atoms with E-state index in [1.807, 2.05) is 31.4 Å². The maximum Gasteiger partial charge on any atom is 0.263 e. The second-order valence-electron chi connectivity index (χ2n) is 11.9. The van der Waals surface area contributed by atoms with Crippen LogP contribution in [-0.2, 0) is 11.8 Å². The molecule has 10 nitrogen and oxygen atoms in total. The molecule has 2 aliphatic rings. The number of nitrogens with zero attached hydrogens (tertiary/aromatic N) is 4. The number of fused-ring (bicyclic) bond motifs is 1. The van der Waals surface area contributed by atoms with E-state index in [4.69, 9.17) is 9.83 Å². The van der Waals surface area contributed by atoms with Crippen molar-refractivity contribution in [1.82, 2.24) is 25.0 Å². The zero-order chi connectivity index (χ0) is 29.5. The number of rotatable bonds is 15. The van der Waals surface area contributed by atoms with Crippen LogP contribution in [0.2, 0.25) is 0 Å². The van der Waals surface area contributed by atoms with Crippen molar-refractivity contribution in [1.29, 1.82) is 5.41 Å². The van der Waals surface area contributed by atoms with Crippen molar-refractivity contribution in [3.63, 3.8) is 0 Å². The van der Waals surface area contributed by atoms with Crippen LogP contribution in [-0.4, -0.2) is 63.2 Å². The molecule has 1 saturated heterocycles. The van der Waals surface area contributed by atoms with Gasteiger partial charge in [0.25, 0.3) is 5.89 Å². The molecule has 224 valence electrons. The van der Waals surface area contributed by atoms with Crippen LogP contribution in [0.3, 0.4) is 0 Å². The molecule has 1 aliphatic carbocycles. The largest absolute Gasteiger partial charge is 0.442 e. The minimum atomic E-state index is -0.105. The minimum Gasteiger partial charge on any atom is -0.442 e. The highest BCUT2D eigenvalue weighted by atomic mass is 16.3. The lowest BCUT2D eigenvalue weighted by atomic mass is 9.90. The summed E-state index contributed by atoms with van der Waals surface area (Å²) >= 11 is 0. The molecule has 3 N–H and O–H groups in total. The van der Waals surface area contributed by atoms with Gasteiger partial charge in [0.05, 0.1) is 11.7 Å². The number of unbranched alkanes of at least 4 members (excludes halogenated alkanes) is 2. The first-order valence-corrected chi connectivity index (χ1v) is 15.2. The topological polar surface area (TPSA) is 129 Å². The van der Waals surface area contributed by atoms with Crippen LogP contribution in [0.4, 0.5) is 5.69 Å². The lowest BCUT2D eigenvalue weighted by Crippen LogP contribution is -2.38. The molecule has 0 bridgehead atoms. The lowest BCUT2D eigenvalue weighted by molar-refractivity contribution is -0.123. The minimum absolute atomic E-state index is 0.0850. The number of anilines is 1. The van der Waals surface area contributed by atoms with E-state index in [2.05, 4.69) is 32.5 Å². The summed E-state index contributed by atoms with van der Waals surface area (Å²) in [4.78, 5) is 31.7. The molecule has 3 heterocycles. The fraction of sp³-hybridized carbons (Fsp3) is 0.531. The maximum absolute atomic E-state index is 13.1. The zero-order valence-corrected chi connectivity index (χ0v) is 24.8. The Bertz CT molecular complexity index is 1400. The molecule has 42 heavy (non-hydrogen) atoms. The molecule has 1 amide bonds. The number of hydrogen-bond acceptors (Lipinski definition) is 8. The van der Waals surface area contributed by atoms with Gasteiger partial charge in [-0.25, -0.2) is 4.98 Å². The number of likely N-dealkylation sites (tertiary alicyclic amines) is 1. The number of aryl methyl sites for hydroxylation is 1. The van der Waals surface area contributed by atoms with Gasteiger partial charge in [-0.3, -0.25) is 14.3 Å². The van der Waals surface area contributed by atoms with Gasteiger partial charge in [-0.15, -0.1) is 0 Å². The number of Topliss-reactive ketones (excluding diaryl/α,β-unsaturated/α-hetero) is 1. The van der Waals surface area contributed by atoms with E-state index >= 15 is 0 Å². The van der Waals surface area contributed by atoms with Crippen molar-refractivity contribution in [2.75, 3.05) is 31.5 Å². The fourth-order valence-electron chi connectivity index (χ4n) is 6.22. The molecule has 3 aromatic rings. The monoisotopic (exact) mass is 573 g/mol. The van der Waals surface area contributed by atoms with Crippen molar-refractivity contribution in [2.24, 2.45) is 24.3 Å². The van der Waals surface area contributed by atoms with Crippen LogP contribution < -0.4 is 10.6 Å². The molecule has 1 unspecified atom stereocenters. The number of hydrogen-bond donors (Lipinski definition) is 3. The van der Waals surface area contributed by atoms with E-state index in [0.29, 0.717) is 18.7 Å². The first-order chi connectivity index (χ1) is 20.4. The first-order valence-electron chi connectivity index (χ1n) is 15.2. The lowest BCUT2D eigenvalue weighted by Gasteiger charge is -2.31. The van der Waals surface area contributed by atoms with E-state index in [9.17, 15) is 9.59 Å². The Morgan fingerprint density at radius 1 is 1.24 bits per heavy atom. The van der Waals surface area contributed by atoms with Crippen molar-refractivity contribution in [3.05, 3.63) is 55.0 Å².